The molecule has 0 saturated carbocycles. The van der Waals surface area contributed by atoms with Crippen molar-refractivity contribution in [2.24, 2.45) is 10.2 Å². The zero-order valence-electron chi connectivity index (χ0n) is 30.6. The van der Waals surface area contributed by atoms with E-state index < -0.39 is 10.2 Å². The summed E-state index contributed by atoms with van der Waals surface area (Å²) in [6.45, 7) is 3.96. The summed E-state index contributed by atoms with van der Waals surface area (Å²) in [5, 5.41) is 38.1. The molecule has 2 amide bonds. The van der Waals surface area contributed by atoms with Crippen LogP contribution in [-0.4, -0.2) is 43.4 Å². The summed E-state index contributed by atoms with van der Waals surface area (Å²) >= 11 is 0. The molecule has 0 fully saturated rings. The molecular formula is C40H34Ag2N8O8. The van der Waals surface area contributed by atoms with E-state index in [0.29, 0.717) is 33.9 Å². The molecule has 0 spiro atoms. The Morgan fingerprint density at radius 1 is 0.466 bits per heavy atom. The number of hydrazone groups is 2. The molecule has 4 aromatic carbocycles. The number of carbonyl (C=O) groups is 2. The van der Waals surface area contributed by atoms with Crippen LogP contribution in [0, 0.1) is 44.5 Å². The average Bonchev–Trinajstić information content (AvgIpc) is 3.20. The van der Waals surface area contributed by atoms with E-state index in [9.17, 15) is 9.59 Å². The Hall–Kier alpha value is -6.66. The summed E-state index contributed by atoms with van der Waals surface area (Å²) in [5.41, 5.74) is 13.0. The van der Waals surface area contributed by atoms with Crippen LogP contribution in [0.2, 0.25) is 0 Å². The van der Waals surface area contributed by atoms with Gasteiger partial charge in [-0.25, -0.2) is 10.9 Å². The third-order valence-electron chi connectivity index (χ3n) is 7.08. The molecule has 2 aromatic heterocycles. The van der Waals surface area contributed by atoms with Gasteiger partial charge in [-0.05, 0) is 62.4 Å². The van der Waals surface area contributed by atoms with E-state index in [2.05, 4.69) is 31.0 Å². The summed E-state index contributed by atoms with van der Waals surface area (Å²) < 4.78 is 0. The molecule has 2 N–H and O–H groups in total. The van der Waals surface area contributed by atoms with Gasteiger partial charge in [0, 0.05) is 34.6 Å². The van der Waals surface area contributed by atoms with E-state index in [4.69, 9.17) is 30.6 Å². The smallest absolute Gasteiger partial charge is 0.356 e. The largest absolute Gasteiger partial charge is 1.00 e. The van der Waals surface area contributed by atoms with Crippen LogP contribution < -0.4 is 10.9 Å². The van der Waals surface area contributed by atoms with Crippen LogP contribution in [0.15, 0.2) is 168 Å². The van der Waals surface area contributed by atoms with Crippen LogP contribution in [0.4, 0.5) is 0 Å². The Bertz CT molecular complexity index is 1970. The molecule has 6 rings (SSSR count). The molecule has 0 aliphatic rings. The van der Waals surface area contributed by atoms with Crippen LogP contribution in [0.25, 0.3) is 0 Å². The van der Waals surface area contributed by atoms with Gasteiger partial charge in [0.15, 0.2) is 0 Å². The number of amides is 2. The summed E-state index contributed by atoms with van der Waals surface area (Å²) in [6.07, 6.45) is 3.41. The number of pyridine rings is 2. The fraction of sp³-hybridized carbons (Fsp3) is 0.0500. The van der Waals surface area contributed by atoms with Gasteiger partial charge < -0.3 is 30.6 Å². The Balaban J connectivity index is 0.000000476. The first-order valence-corrected chi connectivity index (χ1v) is 16.4. The Morgan fingerprint density at radius 3 is 1.03 bits per heavy atom. The first kappa shape index (κ1) is 49.4. The second kappa shape index (κ2) is 27.0. The van der Waals surface area contributed by atoms with Crippen molar-refractivity contribution >= 4 is 23.2 Å². The van der Waals surface area contributed by atoms with Crippen LogP contribution in [-0.2, 0) is 44.8 Å². The van der Waals surface area contributed by atoms with Gasteiger partial charge in [0.1, 0.15) is 11.4 Å². The minimum Gasteiger partial charge on any atom is -0.356 e. The maximum absolute atomic E-state index is 12.3. The number of carbonyl (C=O) groups excluding carboxylic acids is 2. The number of hydrogen-bond acceptors (Lipinski definition) is 12. The van der Waals surface area contributed by atoms with E-state index in [1.54, 1.807) is 36.7 Å². The molecule has 0 aliphatic carbocycles. The van der Waals surface area contributed by atoms with Gasteiger partial charge in [-0.15, -0.1) is 0 Å². The third-order valence-corrected chi connectivity index (χ3v) is 7.08. The van der Waals surface area contributed by atoms with Crippen molar-refractivity contribution in [2.45, 2.75) is 13.8 Å². The molecule has 0 atom stereocenters. The Labute approximate surface area is 364 Å². The second-order valence-electron chi connectivity index (χ2n) is 11.1. The Morgan fingerprint density at radius 2 is 0.759 bits per heavy atom. The van der Waals surface area contributed by atoms with Gasteiger partial charge in [-0.1, -0.05) is 108 Å². The number of hydrogen-bond donors (Lipinski definition) is 2. The van der Waals surface area contributed by atoms with E-state index in [1.165, 1.54) is 0 Å². The maximum Gasteiger partial charge on any atom is 1.00 e. The molecule has 0 bridgehead atoms. The number of nitrogens with one attached hydrogen (secondary N) is 2. The van der Waals surface area contributed by atoms with Gasteiger partial charge >= 0.3 is 44.8 Å². The zero-order valence-corrected chi connectivity index (χ0v) is 33.5. The zero-order chi connectivity index (χ0) is 40.7. The predicted molar refractivity (Wildman–Crippen MR) is 211 cm³/mol. The molecule has 6 aromatic rings. The van der Waals surface area contributed by atoms with E-state index in [1.807, 2.05) is 135 Å². The number of aryl methyl sites for hydroxylation is 2. The second-order valence-corrected chi connectivity index (χ2v) is 11.1. The molecule has 0 aliphatic heterocycles. The van der Waals surface area contributed by atoms with Crippen LogP contribution in [0.1, 0.15) is 54.4 Å². The standard InChI is InChI=1S/2C20H17N3O.2Ag.2NO3/c2*1-15-10-12-17(13-11-15)20(24)23-22-19(16-7-3-2-4-8-16)18-9-5-6-14-21-18;;;2*2-1(3)4/h2*2-14H,1H3,(H,23,24);;;;/q;;2*+1;2*-1/b2*22-19+;;;;. The van der Waals surface area contributed by atoms with Crippen molar-refractivity contribution in [3.63, 3.8) is 0 Å². The van der Waals surface area contributed by atoms with Crippen molar-refractivity contribution in [3.05, 3.63) is 233 Å². The third kappa shape index (κ3) is 18.3. The molecule has 58 heavy (non-hydrogen) atoms. The topological polar surface area (TPSA) is 241 Å². The average molecular weight is 970 g/mol. The van der Waals surface area contributed by atoms with Crippen molar-refractivity contribution in [1.82, 2.24) is 20.8 Å². The molecule has 0 unspecified atom stereocenters. The molecule has 0 radical (unpaired) electrons. The molecule has 18 heteroatoms. The summed E-state index contributed by atoms with van der Waals surface area (Å²) in [7, 11) is 0. The van der Waals surface area contributed by atoms with Crippen molar-refractivity contribution < 1.29 is 64.5 Å². The van der Waals surface area contributed by atoms with E-state index in [0.717, 1.165) is 22.3 Å². The summed E-state index contributed by atoms with van der Waals surface area (Å²) in [5.74, 6) is -0.501. The minimum absolute atomic E-state index is 0. The van der Waals surface area contributed by atoms with Crippen LogP contribution in [0.3, 0.4) is 0 Å². The first-order chi connectivity index (χ1) is 26.9. The maximum atomic E-state index is 12.3. The SMILES string of the molecule is Cc1ccc(C(=O)N/N=C(\c2ccccc2)c2ccccn2)cc1.Cc1ccc(C(=O)N/N=C(\c2ccccc2)c2ccccn2)cc1.O=[N+]([O-])[O-].O=[N+]([O-])[O-].[Ag+].[Ag+]. The van der Waals surface area contributed by atoms with Crippen molar-refractivity contribution in [2.75, 3.05) is 0 Å². The van der Waals surface area contributed by atoms with Crippen LogP contribution >= 0.6 is 0 Å². The van der Waals surface area contributed by atoms with Crippen LogP contribution in [0.5, 0.6) is 0 Å². The van der Waals surface area contributed by atoms with Gasteiger partial charge in [0.05, 0.1) is 21.6 Å². The number of nitrogens with zero attached hydrogens (tertiary/aromatic N) is 6. The summed E-state index contributed by atoms with van der Waals surface area (Å²) in [6, 6.07) is 45.2. The molecule has 0 saturated heterocycles. The monoisotopic (exact) mass is 968 g/mol. The number of rotatable bonds is 8. The van der Waals surface area contributed by atoms with Gasteiger partial charge in [-0.3, -0.25) is 19.6 Å². The van der Waals surface area contributed by atoms with Gasteiger partial charge in [0.25, 0.3) is 11.8 Å². The van der Waals surface area contributed by atoms with Crippen molar-refractivity contribution in [3.8, 4) is 0 Å². The fourth-order valence-electron chi connectivity index (χ4n) is 4.49. The fourth-order valence-corrected chi connectivity index (χ4v) is 4.49. The first-order valence-electron chi connectivity index (χ1n) is 16.4. The number of benzene rings is 4. The molecule has 2 heterocycles. The molecular weight excluding hydrogens is 936 g/mol. The predicted octanol–water partition coefficient (Wildman–Crippen LogP) is 6.66. The normalized spacial score (nSPS) is 10.0. The number of aromatic nitrogens is 2. The Kier molecular flexibility index (Phi) is 23.0. The molecule has 304 valence electrons. The van der Waals surface area contributed by atoms with E-state index >= 15 is 0 Å². The van der Waals surface area contributed by atoms with Gasteiger partial charge in [0.2, 0.25) is 0 Å². The van der Waals surface area contributed by atoms with Gasteiger partial charge in [-0.2, -0.15) is 10.2 Å². The van der Waals surface area contributed by atoms with Crippen molar-refractivity contribution in [1.29, 1.82) is 0 Å². The summed E-state index contributed by atoms with van der Waals surface area (Å²) in [4.78, 5) is 49.7. The quantitative estimate of drug-likeness (QED) is 0.0711. The molecule has 16 nitrogen and oxygen atoms in total. The minimum atomic E-state index is -1.75. The van der Waals surface area contributed by atoms with E-state index in [-0.39, 0.29) is 56.6 Å².